The summed E-state index contributed by atoms with van der Waals surface area (Å²) in [6, 6.07) is 7.56. The second-order valence-electron chi connectivity index (χ2n) is 3.40. The topological polar surface area (TPSA) is 51.2 Å². The molecule has 17 heavy (non-hydrogen) atoms. The summed E-state index contributed by atoms with van der Waals surface area (Å²) in [7, 11) is 1.62. The summed E-state index contributed by atoms with van der Waals surface area (Å²) in [5.74, 6) is 0.654. The molecule has 1 aromatic heterocycles. The van der Waals surface area contributed by atoms with Crippen molar-refractivity contribution in [2.24, 2.45) is 0 Å². The molecule has 1 N–H and O–H groups in total. The maximum absolute atomic E-state index is 11.6. The summed E-state index contributed by atoms with van der Waals surface area (Å²) in [5.41, 5.74) is 3.13. The molecular weight excluding hydrogens is 236 g/mol. The molecule has 0 spiro atoms. The molecule has 0 aliphatic heterocycles. The van der Waals surface area contributed by atoms with E-state index in [1.807, 2.05) is 24.3 Å². The van der Waals surface area contributed by atoms with Crippen LogP contribution in [0.3, 0.4) is 0 Å². The molecule has 0 fully saturated rings. The first-order chi connectivity index (χ1) is 8.29. The van der Waals surface area contributed by atoms with Gasteiger partial charge in [-0.25, -0.2) is 4.98 Å². The van der Waals surface area contributed by atoms with E-state index in [-0.39, 0.29) is 5.91 Å². The molecule has 4 nitrogen and oxygen atoms in total. The molecule has 2 rings (SSSR count). The maximum atomic E-state index is 11.6. The van der Waals surface area contributed by atoms with Crippen molar-refractivity contribution < 1.29 is 9.53 Å². The number of hydrogen-bond acceptors (Lipinski definition) is 4. The van der Waals surface area contributed by atoms with Gasteiger partial charge in [0.1, 0.15) is 11.4 Å². The Balaban J connectivity index is 1.91. The molecule has 1 heterocycles. The summed E-state index contributed by atoms with van der Waals surface area (Å²) >= 11 is 1.41. The average Bonchev–Trinajstić information content (AvgIpc) is 2.90. The quantitative estimate of drug-likeness (QED) is 0.901. The number of ether oxygens (including phenoxy) is 1. The number of thiazole rings is 1. The molecular formula is C12H12N2O2S. The zero-order chi connectivity index (χ0) is 12.1. The number of aromatic nitrogens is 1. The Bertz CT molecular complexity index is 480. The minimum absolute atomic E-state index is 0.151. The molecule has 0 radical (unpaired) electrons. The standard InChI is InChI=1S/C12H12N2O2S/c1-16-10-4-2-9(3-5-10)6-13-12(15)11-7-17-8-14-11/h2-5,7-8H,6H2,1H3,(H,13,15). The average molecular weight is 248 g/mol. The van der Waals surface area contributed by atoms with E-state index in [2.05, 4.69) is 10.3 Å². The molecule has 2 aromatic rings. The molecule has 0 saturated heterocycles. The summed E-state index contributed by atoms with van der Waals surface area (Å²) in [6.45, 7) is 0.486. The van der Waals surface area contributed by atoms with Crippen molar-refractivity contribution in [1.29, 1.82) is 0 Å². The van der Waals surface area contributed by atoms with E-state index < -0.39 is 0 Å². The molecule has 1 aromatic carbocycles. The van der Waals surface area contributed by atoms with E-state index in [0.29, 0.717) is 12.2 Å². The van der Waals surface area contributed by atoms with Crippen molar-refractivity contribution in [3.63, 3.8) is 0 Å². The molecule has 0 saturated carbocycles. The highest BCUT2D eigenvalue weighted by Crippen LogP contribution is 2.11. The number of rotatable bonds is 4. The number of benzene rings is 1. The number of hydrogen-bond donors (Lipinski definition) is 1. The minimum atomic E-state index is -0.151. The summed E-state index contributed by atoms with van der Waals surface area (Å²) in [4.78, 5) is 15.6. The fourth-order valence-corrected chi connectivity index (χ4v) is 1.87. The van der Waals surface area contributed by atoms with Gasteiger partial charge in [-0.2, -0.15) is 0 Å². The molecule has 0 bridgehead atoms. The van der Waals surface area contributed by atoms with Crippen LogP contribution in [0.1, 0.15) is 16.1 Å². The van der Waals surface area contributed by atoms with E-state index in [1.165, 1.54) is 11.3 Å². The van der Waals surface area contributed by atoms with Crippen molar-refractivity contribution in [3.05, 3.63) is 46.4 Å². The Morgan fingerprint density at radius 3 is 2.76 bits per heavy atom. The number of methoxy groups -OCH3 is 1. The van der Waals surface area contributed by atoms with Crippen molar-refractivity contribution >= 4 is 17.2 Å². The minimum Gasteiger partial charge on any atom is -0.497 e. The predicted molar refractivity (Wildman–Crippen MR) is 66.3 cm³/mol. The molecule has 88 valence electrons. The van der Waals surface area contributed by atoms with Gasteiger partial charge >= 0.3 is 0 Å². The SMILES string of the molecule is COc1ccc(CNC(=O)c2cscn2)cc1. The Labute approximate surface area is 103 Å². The second-order valence-corrected chi connectivity index (χ2v) is 4.12. The van der Waals surface area contributed by atoms with Gasteiger partial charge in [0.15, 0.2) is 0 Å². The van der Waals surface area contributed by atoms with Gasteiger partial charge in [0.05, 0.1) is 12.6 Å². The van der Waals surface area contributed by atoms with E-state index in [4.69, 9.17) is 4.74 Å². The van der Waals surface area contributed by atoms with E-state index in [1.54, 1.807) is 18.0 Å². The fourth-order valence-electron chi connectivity index (χ4n) is 1.34. The molecule has 0 aliphatic carbocycles. The third kappa shape index (κ3) is 3.04. The second kappa shape index (κ2) is 5.45. The first-order valence-electron chi connectivity index (χ1n) is 5.09. The summed E-state index contributed by atoms with van der Waals surface area (Å²) in [5, 5.41) is 4.53. The van der Waals surface area contributed by atoms with Crippen LogP contribution in [-0.4, -0.2) is 18.0 Å². The van der Waals surface area contributed by atoms with Gasteiger partial charge in [-0.1, -0.05) is 12.1 Å². The van der Waals surface area contributed by atoms with Gasteiger partial charge in [0.25, 0.3) is 5.91 Å². The van der Waals surface area contributed by atoms with Crippen LogP contribution in [0.5, 0.6) is 5.75 Å². The highest BCUT2D eigenvalue weighted by atomic mass is 32.1. The highest BCUT2D eigenvalue weighted by Gasteiger charge is 2.06. The maximum Gasteiger partial charge on any atom is 0.271 e. The lowest BCUT2D eigenvalue weighted by molar-refractivity contribution is 0.0946. The molecule has 0 aliphatic rings. The van der Waals surface area contributed by atoms with Crippen LogP contribution in [0.25, 0.3) is 0 Å². The first kappa shape index (κ1) is 11.6. The zero-order valence-corrected chi connectivity index (χ0v) is 10.2. The Kier molecular flexibility index (Phi) is 3.72. The third-order valence-corrected chi connectivity index (χ3v) is 2.86. The smallest absolute Gasteiger partial charge is 0.271 e. The van der Waals surface area contributed by atoms with Crippen LogP contribution in [0.15, 0.2) is 35.2 Å². The molecule has 0 atom stereocenters. The Morgan fingerprint density at radius 1 is 1.41 bits per heavy atom. The fraction of sp³-hybridized carbons (Fsp3) is 0.167. The number of nitrogens with one attached hydrogen (secondary N) is 1. The van der Waals surface area contributed by atoms with Gasteiger partial charge in [-0.3, -0.25) is 4.79 Å². The van der Waals surface area contributed by atoms with Gasteiger partial charge in [-0.15, -0.1) is 11.3 Å². The summed E-state index contributed by atoms with van der Waals surface area (Å²) in [6.07, 6.45) is 0. The van der Waals surface area contributed by atoms with Crippen molar-refractivity contribution in [1.82, 2.24) is 10.3 Å². The van der Waals surface area contributed by atoms with Crippen LogP contribution in [0.2, 0.25) is 0 Å². The molecule has 5 heteroatoms. The molecule has 1 amide bonds. The van der Waals surface area contributed by atoms with Gasteiger partial charge in [0, 0.05) is 11.9 Å². The van der Waals surface area contributed by atoms with Crippen molar-refractivity contribution in [3.8, 4) is 5.75 Å². The monoisotopic (exact) mass is 248 g/mol. The predicted octanol–water partition coefficient (Wildman–Crippen LogP) is 2.08. The van der Waals surface area contributed by atoms with Crippen molar-refractivity contribution in [2.45, 2.75) is 6.54 Å². The van der Waals surface area contributed by atoms with Crippen LogP contribution < -0.4 is 10.1 Å². The Hall–Kier alpha value is -1.88. The van der Waals surface area contributed by atoms with Crippen molar-refractivity contribution in [2.75, 3.05) is 7.11 Å². The van der Waals surface area contributed by atoms with Gasteiger partial charge in [0.2, 0.25) is 0 Å². The van der Waals surface area contributed by atoms with Gasteiger partial charge < -0.3 is 10.1 Å². The van der Waals surface area contributed by atoms with E-state index in [9.17, 15) is 4.79 Å². The van der Waals surface area contributed by atoms with Crippen LogP contribution >= 0.6 is 11.3 Å². The lowest BCUT2D eigenvalue weighted by Crippen LogP contribution is -2.22. The largest absolute Gasteiger partial charge is 0.497 e. The number of nitrogens with zero attached hydrogens (tertiary/aromatic N) is 1. The Morgan fingerprint density at radius 2 is 2.18 bits per heavy atom. The van der Waals surface area contributed by atoms with E-state index in [0.717, 1.165) is 11.3 Å². The number of amides is 1. The van der Waals surface area contributed by atoms with Crippen LogP contribution in [0, 0.1) is 0 Å². The zero-order valence-electron chi connectivity index (χ0n) is 9.34. The normalized spacial score (nSPS) is 9.94. The first-order valence-corrected chi connectivity index (χ1v) is 6.03. The van der Waals surface area contributed by atoms with Crippen LogP contribution in [-0.2, 0) is 6.54 Å². The lowest BCUT2D eigenvalue weighted by atomic mass is 10.2. The van der Waals surface area contributed by atoms with Crippen LogP contribution in [0.4, 0.5) is 0 Å². The third-order valence-electron chi connectivity index (χ3n) is 2.28. The highest BCUT2D eigenvalue weighted by molar-refractivity contribution is 7.07. The van der Waals surface area contributed by atoms with E-state index >= 15 is 0 Å². The number of carbonyl (C=O) groups is 1. The number of carbonyl (C=O) groups excluding carboxylic acids is 1. The van der Waals surface area contributed by atoms with Gasteiger partial charge in [-0.05, 0) is 17.7 Å². The lowest BCUT2D eigenvalue weighted by Gasteiger charge is -2.04. The summed E-state index contributed by atoms with van der Waals surface area (Å²) < 4.78 is 5.06. The molecule has 0 unspecified atom stereocenters.